The average molecular weight is 231 g/mol. The predicted octanol–water partition coefficient (Wildman–Crippen LogP) is 1.28. The molecule has 1 aliphatic rings. The summed E-state index contributed by atoms with van der Waals surface area (Å²) in [5.74, 6) is -0.0783. The lowest BCUT2D eigenvalue weighted by Gasteiger charge is -2.30. The van der Waals surface area contributed by atoms with Crippen LogP contribution in [0.1, 0.15) is 33.6 Å². The summed E-state index contributed by atoms with van der Waals surface area (Å²) in [6, 6.07) is 0. The molecule has 0 radical (unpaired) electrons. The van der Waals surface area contributed by atoms with Crippen LogP contribution in [0.2, 0.25) is 0 Å². The van der Waals surface area contributed by atoms with Crippen LogP contribution < -0.4 is 0 Å². The van der Waals surface area contributed by atoms with E-state index in [9.17, 15) is 4.79 Å². The molecule has 1 unspecified atom stereocenters. The number of nitrogens with zero attached hydrogens (tertiary/aromatic N) is 1. The second-order valence-electron chi connectivity index (χ2n) is 3.62. The molecule has 0 aromatic carbocycles. The largest absolute Gasteiger partial charge is 0.466 e. The van der Waals surface area contributed by atoms with E-state index in [2.05, 4.69) is 4.90 Å². The zero-order valence-corrected chi connectivity index (χ0v) is 10.7. The van der Waals surface area contributed by atoms with Crippen LogP contribution in [0.15, 0.2) is 0 Å². The number of hydrogen-bond donors (Lipinski definition) is 1. The molecule has 1 heterocycles. The highest BCUT2D eigenvalue weighted by molar-refractivity contribution is 5.72. The highest BCUT2D eigenvalue weighted by Crippen LogP contribution is 2.17. The van der Waals surface area contributed by atoms with E-state index >= 15 is 0 Å². The van der Waals surface area contributed by atoms with Crippen molar-refractivity contribution in [3.8, 4) is 0 Å². The van der Waals surface area contributed by atoms with Gasteiger partial charge in [-0.05, 0) is 26.3 Å². The lowest BCUT2D eigenvalue weighted by Crippen LogP contribution is -2.40. The van der Waals surface area contributed by atoms with Gasteiger partial charge >= 0.3 is 5.97 Å². The fourth-order valence-electron chi connectivity index (χ4n) is 1.85. The molecule has 0 aliphatic carbocycles. The Balaban J connectivity index is 0.00000106. The zero-order valence-electron chi connectivity index (χ0n) is 10.7. The number of likely N-dealkylation sites (tertiary alicyclic amines) is 1. The Labute approximate surface area is 98.6 Å². The third kappa shape index (κ3) is 5.47. The van der Waals surface area contributed by atoms with Crippen molar-refractivity contribution in [3.05, 3.63) is 0 Å². The first-order valence-corrected chi connectivity index (χ1v) is 6.27. The molecule has 0 spiro atoms. The molecule has 1 atom stereocenters. The highest BCUT2D eigenvalue weighted by atomic mass is 16.5. The van der Waals surface area contributed by atoms with Gasteiger partial charge in [-0.2, -0.15) is 0 Å². The number of carbonyl (C=O) groups is 1. The van der Waals surface area contributed by atoms with Crippen molar-refractivity contribution >= 4 is 5.97 Å². The van der Waals surface area contributed by atoms with E-state index in [4.69, 9.17) is 9.84 Å². The maximum Gasteiger partial charge on any atom is 0.310 e. The molecule has 16 heavy (non-hydrogen) atoms. The number of aliphatic hydroxyl groups is 1. The van der Waals surface area contributed by atoms with Crippen LogP contribution in [0.3, 0.4) is 0 Å². The predicted molar refractivity (Wildman–Crippen MR) is 64.2 cm³/mol. The van der Waals surface area contributed by atoms with Crippen LogP contribution in [0.5, 0.6) is 0 Å². The van der Waals surface area contributed by atoms with Crippen LogP contribution >= 0.6 is 0 Å². The molecule has 0 saturated carbocycles. The van der Waals surface area contributed by atoms with E-state index in [1.54, 1.807) is 0 Å². The van der Waals surface area contributed by atoms with Crippen LogP contribution in [0.25, 0.3) is 0 Å². The maximum absolute atomic E-state index is 11.4. The van der Waals surface area contributed by atoms with Gasteiger partial charge in [0.25, 0.3) is 0 Å². The number of hydrogen-bond acceptors (Lipinski definition) is 4. The molecular weight excluding hydrogens is 206 g/mol. The van der Waals surface area contributed by atoms with Gasteiger partial charge in [0.05, 0.1) is 19.1 Å². The van der Waals surface area contributed by atoms with Gasteiger partial charge < -0.3 is 14.7 Å². The Morgan fingerprint density at radius 3 is 2.75 bits per heavy atom. The highest BCUT2D eigenvalue weighted by Gasteiger charge is 2.26. The minimum atomic E-state index is -0.0878. The number of carbonyl (C=O) groups excluding carboxylic acids is 1. The fraction of sp³-hybridized carbons (Fsp3) is 0.917. The molecule has 1 aliphatic heterocycles. The second-order valence-corrected chi connectivity index (χ2v) is 3.62. The summed E-state index contributed by atoms with van der Waals surface area (Å²) < 4.78 is 4.98. The van der Waals surface area contributed by atoms with Crippen molar-refractivity contribution in [2.75, 3.05) is 32.8 Å². The summed E-state index contributed by atoms with van der Waals surface area (Å²) in [6.07, 6.45) is 1.93. The summed E-state index contributed by atoms with van der Waals surface area (Å²) in [4.78, 5) is 13.6. The van der Waals surface area contributed by atoms with E-state index < -0.39 is 0 Å². The molecule has 96 valence electrons. The molecule has 1 rings (SSSR count). The molecule has 1 fully saturated rings. The van der Waals surface area contributed by atoms with Gasteiger partial charge in [0.2, 0.25) is 0 Å². The number of esters is 1. The summed E-state index contributed by atoms with van der Waals surface area (Å²) in [7, 11) is 0. The minimum absolute atomic E-state index is 0.00949. The van der Waals surface area contributed by atoms with E-state index in [1.165, 1.54) is 0 Å². The van der Waals surface area contributed by atoms with Gasteiger partial charge in [-0.25, -0.2) is 0 Å². The quantitative estimate of drug-likeness (QED) is 0.741. The van der Waals surface area contributed by atoms with Crippen molar-refractivity contribution in [1.29, 1.82) is 0 Å². The van der Waals surface area contributed by atoms with Crippen molar-refractivity contribution in [2.24, 2.45) is 5.92 Å². The fourth-order valence-corrected chi connectivity index (χ4v) is 1.85. The summed E-state index contributed by atoms with van der Waals surface area (Å²) in [6.45, 7) is 8.82. The Morgan fingerprint density at radius 1 is 1.50 bits per heavy atom. The van der Waals surface area contributed by atoms with Crippen LogP contribution in [0.4, 0.5) is 0 Å². The first-order valence-electron chi connectivity index (χ1n) is 6.27. The molecule has 0 aromatic heterocycles. The molecule has 0 aromatic rings. The van der Waals surface area contributed by atoms with Gasteiger partial charge in [0.15, 0.2) is 0 Å². The SMILES string of the molecule is CC.CCOC(=O)C1CCCN(CCO)C1. The number of piperidine rings is 1. The Morgan fingerprint density at radius 2 is 2.19 bits per heavy atom. The normalized spacial score (nSPS) is 20.9. The van der Waals surface area contributed by atoms with E-state index in [-0.39, 0.29) is 18.5 Å². The van der Waals surface area contributed by atoms with Gasteiger partial charge in [0, 0.05) is 13.1 Å². The van der Waals surface area contributed by atoms with E-state index in [0.717, 1.165) is 25.9 Å². The number of ether oxygens (including phenoxy) is 1. The van der Waals surface area contributed by atoms with Gasteiger partial charge in [-0.3, -0.25) is 4.79 Å². The smallest absolute Gasteiger partial charge is 0.310 e. The maximum atomic E-state index is 11.4. The molecule has 4 heteroatoms. The number of β-amino-alcohol motifs (C(OH)–C–C–N with tert-alkyl or cyclic N) is 1. The van der Waals surface area contributed by atoms with Crippen molar-refractivity contribution in [1.82, 2.24) is 4.90 Å². The minimum Gasteiger partial charge on any atom is -0.466 e. The summed E-state index contributed by atoms with van der Waals surface area (Å²) in [5.41, 5.74) is 0. The monoisotopic (exact) mass is 231 g/mol. The Hall–Kier alpha value is -0.610. The van der Waals surface area contributed by atoms with Crippen LogP contribution in [-0.4, -0.2) is 48.8 Å². The first kappa shape index (κ1) is 15.4. The number of rotatable bonds is 4. The molecule has 0 bridgehead atoms. The van der Waals surface area contributed by atoms with Gasteiger partial charge in [-0.1, -0.05) is 13.8 Å². The molecule has 1 saturated heterocycles. The third-order valence-electron chi connectivity index (χ3n) is 2.54. The van der Waals surface area contributed by atoms with Crippen molar-refractivity contribution in [2.45, 2.75) is 33.6 Å². The van der Waals surface area contributed by atoms with Crippen molar-refractivity contribution < 1.29 is 14.6 Å². The number of aliphatic hydroxyl groups excluding tert-OH is 1. The van der Waals surface area contributed by atoms with E-state index in [1.807, 2.05) is 20.8 Å². The molecule has 4 nitrogen and oxygen atoms in total. The summed E-state index contributed by atoms with van der Waals surface area (Å²) >= 11 is 0. The Bertz CT molecular complexity index is 183. The van der Waals surface area contributed by atoms with Gasteiger partial charge in [-0.15, -0.1) is 0 Å². The average Bonchev–Trinajstić information content (AvgIpc) is 2.33. The topological polar surface area (TPSA) is 49.8 Å². The van der Waals surface area contributed by atoms with Gasteiger partial charge in [0.1, 0.15) is 0 Å². The van der Waals surface area contributed by atoms with Crippen LogP contribution in [-0.2, 0) is 9.53 Å². The summed E-state index contributed by atoms with van der Waals surface area (Å²) in [5, 5.41) is 8.79. The van der Waals surface area contributed by atoms with E-state index in [0.29, 0.717) is 13.2 Å². The molecule has 0 amide bonds. The van der Waals surface area contributed by atoms with Crippen LogP contribution in [0, 0.1) is 5.92 Å². The standard InChI is InChI=1S/C10H19NO3.C2H6/c1-2-14-10(13)9-4-3-5-11(8-9)6-7-12;1-2/h9,12H,2-8H2,1H3;1-2H3. The third-order valence-corrected chi connectivity index (χ3v) is 2.54. The molecule has 1 N–H and O–H groups in total. The first-order chi connectivity index (χ1) is 7.77. The van der Waals surface area contributed by atoms with Crippen molar-refractivity contribution in [3.63, 3.8) is 0 Å². The Kier molecular flexibility index (Phi) is 9.24. The lowest BCUT2D eigenvalue weighted by molar-refractivity contribution is -0.150. The second kappa shape index (κ2) is 9.60. The molecular formula is C12H25NO3. The zero-order chi connectivity index (χ0) is 12.4. The lowest BCUT2D eigenvalue weighted by atomic mass is 9.98.